The molecule has 0 spiro atoms. The summed E-state index contributed by atoms with van der Waals surface area (Å²) in [6.45, 7) is 2.49. The van der Waals surface area contributed by atoms with Crippen molar-refractivity contribution in [1.29, 1.82) is 0 Å². The number of hydrogen-bond donors (Lipinski definition) is 2. The van der Waals surface area contributed by atoms with Crippen LogP contribution in [0.3, 0.4) is 0 Å². The normalized spacial score (nSPS) is 16.8. The van der Waals surface area contributed by atoms with Gasteiger partial charge in [-0.3, -0.25) is 4.79 Å². The molecule has 4 nitrogen and oxygen atoms in total. The van der Waals surface area contributed by atoms with Crippen molar-refractivity contribution in [3.05, 3.63) is 97.7 Å². The van der Waals surface area contributed by atoms with E-state index in [0.29, 0.717) is 11.5 Å². The lowest BCUT2D eigenvalue weighted by atomic mass is 10.1. The molecular weight excluding hydrogens is 538 g/mol. The van der Waals surface area contributed by atoms with Gasteiger partial charge in [-0.2, -0.15) is 0 Å². The van der Waals surface area contributed by atoms with Crippen LogP contribution in [0.15, 0.2) is 71.6 Å². The quantitative estimate of drug-likeness (QED) is 0.268. The molecule has 1 aliphatic rings. The first-order valence-corrected chi connectivity index (χ1v) is 12.2. The summed E-state index contributed by atoms with van der Waals surface area (Å²) in [5.41, 5.74) is 3.86. The summed E-state index contributed by atoms with van der Waals surface area (Å²) in [5.74, 6) is 0.390. The van der Waals surface area contributed by atoms with Crippen molar-refractivity contribution >= 4 is 52.0 Å². The number of rotatable bonds is 7. The van der Waals surface area contributed by atoms with Crippen molar-refractivity contribution in [1.82, 2.24) is 5.32 Å². The topological polar surface area (TPSA) is 50.4 Å². The zero-order valence-corrected chi connectivity index (χ0v) is 20.4. The number of benzene rings is 3. The Morgan fingerprint density at radius 1 is 1.09 bits per heavy atom. The number of carbonyl (C=O) groups excluding carboxylic acids is 1. The van der Waals surface area contributed by atoms with Gasteiger partial charge in [-0.1, -0.05) is 49.0 Å². The third-order valence-electron chi connectivity index (χ3n) is 4.95. The number of anilines is 1. The molecule has 1 fully saturated rings. The van der Waals surface area contributed by atoms with Gasteiger partial charge in [-0.05, 0) is 88.2 Å². The Morgan fingerprint density at radius 2 is 1.81 bits per heavy atom. The lowest BCUT2D eigenvalue weighted by Crippen LogP contribution is -2.30. The van der Waals surface area contributed by atoms with Gasteiger partial charge < -0.3 is 15.4 Å². The first-order valence-electron chi connectivity index (χ1n) is 10.2. The molecule has 1 heterocycles. The van der Waals surface area contributed by atoms with E-state index in [1.54, 1.807) is 12.1 Å². The number of carbonyl (C=O) groups is 1. The van der Waals surface area contributed by atoms with Crippen LogP contribution in [-0.2, 0) is 17.8 Å². The highest BCUT2D eigenvalue weighted by Gasteiger charge is 2.27. The van der Waals surface area contributed by atoms with Gasteiger partial charge in [0.2, 0.25) is 0 Å². The van der Waals surface area contributed by atoms with Crippen LogP contribution < -0.4 is 15.4 Å². The average molecular weight is 560 g/mol. The van der Waals surface area contributed by atoms with E-state index in [9.17, 15) is 9.18 Å². The maximum atomic E-state index is 13.0. The smallest absolute Gasteiger partial charge is 0.260 e. The predicted octanol–water partition coefficient (Wildman–Crippen LogP) is 6.17. The van der Waals surface area contributed by atoms with Crippen LogP contribution in [-0.4, -0.2) is 11.4 Å². The van der Waals surface area contributed by atoms with E-state index in [0.717, 1.165) is 32.6 Å². The molecule has 1 aliphatic heterocycles. The highest BCUT2D eigenvalue weighted by atomic mass is 127. The lowest BCUT2D eigenvalue weighted by Gasteiger charge is -2.12. The maximum Gasteiger partial charge on any atom is 0.260 e. The van der Waals surface area contributed by atoms with Crippen LogP contribution in [0, 0.1) is 9.39 Å². The minimum absolute atomic E-state index is 0.0932. The number of hydrogen-bond acceptors (Lipinski definition) is 4. The molecular formula is C25H22FIN2O2S. The molecule has 32 heavy (non-hydrogen) atoms. The van der Waals surface area contributed by atoms with Gasteiger partial charge in [0.15, 0.2) is 5.50 Å². The van der Waals surface area contributed by atoms with Crippen molar-refractivity contribution in [2.24, 2.45) is 0 Å². The van der Waals surface area contributed by atoms with Gasteiger partial charge in [0.05, 0.1) is 8.48 Å². The Hall–Kier alpha value is -2.52. The highest BCUT2D eigenvalue weighted by Crippen LogP contribution is 2.31. The molecule has 3 aromatic carbocycles. The Kier molecular flexibility index (Phi) is 7.36. The first kappa shape index (κ1) is 22.7. The highest BCUT2D eigenvalue weighted by molar-refractivity contribution is 14.1. The van der Waals surface area contributed by atoms with E-state index in [2.05, 4.69) is 52.3 Å². The van der Waals surface area contributed by atoms with Gasteiger partial charge >= 0.3 is 0 Å². The van der Waals surface area contributed by atoms with Gasteiger partial charge in [-0.15, -0.1) is 0 Å². The van der Waals surface area contributed by atoms with Crippen molar-refractivity contribution in [2.75, 3.05) is 5.32 Å². The van der Waals surface area contributed by atoms with Crippen LogP contribution in [0.2, 0.25) is 0 Å². The molecule has 2 N–H and O–H groups in total. The predicted molar refractivity (Wildman–Crippen MR) is 137 cm³/mol. The van der Waals surface area contributed by atoms with Crippen molar-refractivity contribution in [2.45, 2.75) is 25.4 Å². The molecule has 164 valence electrons. The minimum atomic E-state index is -0.263. The fourth-order valence-corrected chi connectivity index (χ4v) is 4.85. The number of amides is 1. The zero-order valence-electron chi connectivity index (χ0n) is 17.4. The van der Waals surface area contributed by atoms with E-state index < -0.39 is 0 Å². The molecule has 0 bridgehead atoms. The molecule has 1 atom stereocenters. The standard InChI is InChI=1S/C25H22FIN2O2S/c1-2-16-5-10-20(11-6-16)28-25-29-24(30)23(32-25)14-18-7-12-22(21(27)13-18)31-15-17-3-8-19(26)9-4-17/h3-14,25,28H,2,15H2,1H3,(H,29,30)/b23-14-/t25-/m1/s1. The van der Waals surface area contributed by atoms with Crippen LogP contribution in [0.5, 0.6) is 5.75 Å². The Balaban J connectivity index is 1.38. The third kappa shape index (κ3) is 5.83. The summed E-state index contributed by atoms with van der Waals surface area (Å²) in [7, 11) is 0. The number of nitrogens with one attached hydrogen (secondary N) is 2. The number of thioether (sulfide) groups is 1. The van der Waals surface area contributed by atoms with E-state index in [4.69, 9.17) is 4.74 Å². The van der Waals surface area contributed by atoms with Gasteiger partial charge in [0, 0.05) is 5.69 Å². The van der Waals surface area contributed by atoms with Crippen LogP contribution in [0.1, 0.15) is 23.6 Å². The molecule has 7 heteroatoms. The van der Waals surface area contributed by atoms with Gasteiger partial charge in [0.1, 0.15) is 18.2 Å². The van der Waals surface area contributed by atoms with E-state index in [1.165, 1.54) is 29.5 Å². The summed E-state index contributed by atoms with van der Waals surface area (Å²) in [6, 6.07) is 20.3. The molecule has 0 aromatic heterocycles. The van der Waals surface area contributed by atoms with E-state index >= 15 is 0 Å². The molecule has 3 aromatic rings. The fourth-order valence-electron chi connectivity index (χ4n) is 3.17. The lowest BCUT2D eigenvalue weighted by molar-refractivity contribution is -0.116. The monoisotopic (exact) mass is 560 g/mol. The number of aryl methyl sites for hydroxylation is 1. The summed E-state index contributed by atoms with van der Waals surface area (Å²) >= 11 is 3.68. The van der Waals surface area contributed by atoms with Gasteiger partial charge in [0.25, 0.3) is 5.91 Å². The zero-order chi connectivity index (χ0) is 22.5. The largest absolute Gasteiger partial charge is 0.488 e. The summed E-state index contributed by atoms with van der Waals surface area (Å²) < 4.78 is 19.8. The van der Waals surface area contributed by atoms with E-state index in [-0.39, 0.29) is 17.2 Å². The van der Waals surface area contributed by atoms with Crippen LogP contribution >= 0.6 is 34.4 Å². The Bertz CT molecular complexity index is 1130. The molecule has 0 unspecified atom stereocenters. The summed E-state index contributed by atoms with van der Waals surface area (Å²) in [4.78, 5) is 13.1. The summed E-state index contributed by atoms with van der Waals surface area (Å²) in [5, 5.41) is 6.30. The third-order valence-corrected chi connectivity index (χ3v) is 6.82. The molecule has 4 rings (SSSR count). The second-order valence-corrected chi connectivity index (χ2v) is 9.59. The van der Waals surface area contributed by atoms with Gasteiger partial charge in [-0.25, -0.2) is 4.39 Å². The number of ether oxygens (including phenoxy) is 1. The van der Waals surface area contributed by atoms with Crippen molar-refractivity contribution in [3.8, 4) is 5.75 Å². The molecule has 1 saturated heterocycles. The minimum Gasteiger partial charge on any atom is -0.488 e. The van der Waals surface area contributed by atoms with Crippen LogP contribution in [0.4, 0.5) is 10.1 Å². The van der Waals surface area contributed by atoms with Crippen LogP contribution in [0.25, 0.3) is 6.08 Å². The van der Waals surface area contributed by atoms with E-state index in [1.807, 2.05) is 36.4 Å². The van der Waals surface area contributed by atoms with Crippen molar-refractivity contribution in [3.63, 3.8) is 0 Å². The SMILES string of the molecule is CCc1ccc(N[C@@H]2NC(=O)/C(=C/c3ccc(OCc4ccc(F)cc4)c(I)c3)S2)cc1. The second-order valence-electron chi connectivity index (χ2n) is 7.28. The first-order chi connectivity index (χ1) is 15.5. The molecule has 1 amide bonds. The molecule has 0 aliphatic carbocycles. The average Bonchev–Trinajstić information content (AvgIpc) is 3.13. The summed E-state index contributed by atoms with van der Waals surface area (Å²) in [6.07, 6.45) is 2.88. The molecule has 0 radical (unpaired) electrons. The fraction of sp³-hybridized carbons (Fsp3) is 0.160. The Labute approximate surface area is 204 Å². The number of halogens is 2. The second kappa shape index (κ2) is 10.4. The molecule has 0 saturated carbocycles. The maximum absolute atomic E-state index is 13.0. The van der Waals surface area contributed by atoms with Crippen molar-refractivity contribution < 1.29 is 13.9 Å². The Morgan fingerprint density at radius 3 is 2.50 bits per heavy atom.